The maximum absolute atomic E-state index is 13.9. The number of nitrogens with one attached hydrogen (secondary N) is 2. The maximum Gasteiger partial charge on any atom is 0.308 e. The fraction of sp³-hybridized carbons (Fsp3) is 0.800. The molecule has 0 spiro atoms. The van der Waals surface area contributed by atoms with Crippen molar-refractivity contribution in [2.24, 2.45) is 17.8 Å². The number of aliphatic hydroxyl groups is 1. The van der Waals surface area contributed by atoms with E-state index in [-0.39, 0.29) is 50.3 Å². The number of amides is 5. The zero-order valence-corrected chi connectivity index (χ0v) is 26.9. The van der Waals surface area contributed by atoms with E-state index in [1.54, 1.807) is 27.7 Å². The van der Waals surface area contributed by atoms with Crippen molar-refractivity contribution in [2.75, 3.05) is 33.8 Å². The van der Waals surface area contributed by atoms with Gasteiger partial charge in [0.25, 0.3) is 5.91 Å². The molecule has 0 saturated carbocycles. The van der Waals surface area contributed by atoms with E-state index in [4.69, 9.17) is 4.74 Å². The molecule has 2 saturated heterocycles. The Labute approximate surface area is 255 Å². The third-order valence-electron chi connectivity index (χ3n) is 8.68. The SMILES string of the molecule is CC[C@H](C)[C@@H]1NC(=O)[C@H]2CCCN2C(=O)[C@H](C[C@H](C)CO)OC(=O)CCNC(=O)[C@H](C)N(C)C(=O)[C@@H](C(C)C)N(C)C1=O. The summed E-state index contributed by atoms with van der Waals surface area (Å²) in [6.07, 6.45) is 0.0762. The molecule has 2 rings (SSSR count). The third kappa shape index (κ3) is 8.90. The first-order chi connectivity index (χ1) is 20.2. The highest BCUT2D eigenvalue weighted by molar-refractivity contribution is 5.96. The van der Waals surface area contributed by atoms with Crippen molar-refractivity contribution >= 4 is 35.5 Å². The fourth-order valence-electron chi connectivity index (χ4n) is 5.54. The van der Waals surface area contributed by atoms with E-state index in [9.17, 15) is 33.9 Å². The van der Waals surface area contributed by atoms with Crippen LogP contribution >= 0.6 is 0 Å². The van der Waals surface area contributed by atoms with E-state index in [0.29, 0.717) is 19.3 Å². The van der Waals surface area contributed by atoms with Crippen LogP contribution in [0.15, 0.2) is 0 Å². The van der Waals surface area contributed by atoms with Crippen LogP contribution in [-0.2, 0) is 33.5 Å². The van der Waals surface area contributed by atoms with Crippen molar-refractivity contribution in [1.29, 1.82) is 0 Å². The number of cyclic esters (lactones) is 1. The van der Waals surface area contributed by atoms with Gasteiger partial charge in [0.2, 0.25) is 23.6 Å². The molecule has 7 atom stereocenters. The van der Waals surface area contributed by atoms with Crippen molar-refractivity contribution in [3.05, 3.63) is 0 Å². The average Bonchev–Trinajstić information content (AvgIpc) is 3.46. The van der Waals surface area contributed by atoms with E-state index in [1.807, 2.05) is 13.8 Å². The first-order valence-electron chi connectivity index (χ1n) is 15.4. The molecule has 3 N–H and O–H groups in total. The van der Waals surface area contributed by atoms with Gasteiger partial charge in [0.1, 0.15) is 24.2 Å². The second-order valence-electron chi connectivity index (χ2n) is 12.4. The highest BCUT2D eigenvalue weighted by Gasteiger charge is 2.43. The Morgan fingerprint density at radius 3 is 2.19 bits per heavy atom. The topological polar surface area (TPSA) is 166 Å². The highest BCUT2D eigenvalue weighted by atomic mass is 16.5. The molecule has 13 heteroatoms. The predicted octanol–water partition coefficient (Wildman–Crippen LogP) is 0.288. The molecule has 0 aromatic rings. The molecule has 2 heterocycles. The standard InChI is InChI=1S/C30H51N5O8/c1-9-19(5)24-29(41)34(8)25(17(2)3)30(42)33(7)20(6)26(38)31-13-12-23(37)43-22(15-18(4)16-36)28(40)35-14-10-11-21(35)27(39)32-24/h17-22,24-25,36H,9-16H2,1-8H3,(H,31,38)(H,32,39)/t18-,19-,20-,21+,22-,24-,25+/m0/s1. The summed E-state index contributed by atoms with van der Waals surface area (Å²) in [5.41, 5.74) is 0. The quantitative estimate of drug-likeness (QED) is 0.362. The van der Waals surface area contributed by atoms with Gasteiger partial charge in [0.15, 0.2) is 6.10 Å². The van der Waals surface area contributed by atoms with Crippen LogP contribution in [0.3, 0.4) is 0 Å². The number of fused-ring (bicyclic) bond motifs is 1. The number of carbonyl (C=O) groups excluding carboxylic acids is 6. The van der Waals surface area contributed by atoms with E-state index in [2.05, 4.69) is 10.6 Å². The van der Waals surface area contributed by atoms with Gasteiger partial charge in [-0.3, -0.25) is 28.8 Å². The Morgan fingerprint density at radius 1 is 0.953 bits per heavy atom. The van der Waals surface area contributed by atoms with Crippen LogP contribution in [-0.4, -0.2) is 119 Å². The lowest BCUT2D eigenvalue weighted by Crippen LogP contribution is -2.60. The van der Waals surface area contributed by atoms with Gasteiger partial charge < -0.3 is 35.2 Å². The Morgan fingerprint density at radius 2 is 1.60 bits per heavy atom. The van der Waals surface area contributed by atoms with Crippen molar-refractivity contribution in [3.8, 4) is 0 Å². The number of esters is 1. The molecule has 0 aromatic carbocycles. The van der Waals surface area contributed by atoms with Crippen LogP contribution in [0, 0.1) is 17.8 Å². The van der Waals surface area contributed by atoms with E-state index in [0.717, 1.165) is 0 Å². The normalized spacial score (nSPS) is 28.9. The summed E-state index contributed by atoms with van der Waals surface area (Å²) in [6.45, 7) is 10.6. The van der Waals surface area contributed by atoms with Gasteiger partial charge in [-0.1, -0.05) is 41.0 Å². The van der Waals surface area contributed by atoms with Crippen LogP contribution in [0.2, 0.25) is 0 Å². The Bertz CT molecular complexity index is 1040. The second-order valence-corrected chi connectivity index (χ2v) is 12.4. The summed E-state index contributed by atoms with van der Waals surface area (Å²) >= 11 is 0. The van der Waals surface area contributed by atoms with Crippen LogP contribution in [0.4, 0.5) is 0 Å². The number of ether oxygens (including phenoxy) is 1. The minimum Gasteiger partial charge on any atom is -0.452 e. The van der Waals surface area contributed by atoms with Gasteiger partial charge in [-0.15, -0.1) is 0 Å². The minimum absolute atomic E-state index is 0.0532. The predicted molar refractivity (Wildman–Crippen MR) is 158 cm³/mol. The molecule has 43 heavy (non-hydrogen) atoms. The van der Waals surface area contributed by atoms with Crippen molar-refractivity contribution < 1.29 is 38.6 Å². The largest absolute Gasteiger partial charge is 0.452 e. The number of hydrogen-bond donors (Lipinski definition) is 3. The molecular formula is C30H51N5O8. The number of hydrogen-bond acceptors (Lipinski definition) is 8. The smallest absolute Gasteiger partial charge is 0.308 e. The van der Waals surface area contributed by atoms with Gasteiger partial charge in [0, 0.05) is 33.8 Å². The molecule has 13 nitrogen and oxygen atoms in total. The lowest BCUT2D eigenvalue weighted by atomic mass is 9.94. The van der Waals surface area contributed by atoms with Crippen molar-refractivity contribution in [1.82, 2.24) is 25.3 Å². The van der Waals surface area contributed by atoms with Crippen LogP contribution < -0.4 is 10.6 Å². The van der Waals surface area contributed by atoms with Crippen LogP contribution in [0.5, 0.6) is 0 Å². The monoisotopic (exact) mass is 609 g/mol. The molecule has 0 aromatic heterocycles. The Hall–Kier alpha value is -3.22. The molecule has 0 unspecified atom stereocenters. The highest BCUT2D eigenvalue weighted by Crippen LogP contribution is 2.24. The summed E-state index contributed by atoms with van der Waals surface area (Å²) < 4.78 is 5.54. The zero-order valence-electron chi connectivity index (χ0n) is 26.9. The van der Waals surface area contributed by atoms with E-state index >= 15 is 0 Å². The first-order valence-corrected chi connectivity index (χ1v) is 15.4. The lowest BCUT2D eigenvalue weighted by Gasteiger charge is -2.38. The molecule has 5 amide bonds. The van der Waals surface area contributed by atoms with Crippen molar-refractivity contribution in [2.45, 2.75) is 104 Å². The molecule has 0 radical (unpaired) electrons. The van der Waals surface area contributed by atoms with Gasteiger partial charge in [-0.25, -0.2) is 0 Å². The summed E-state index contributed by atoms with van der Waals surface area (Å²) in [6, 6.07) is -3.66. The number of carbonyl (C=O) groups is 6. The zero-order chi connectivity index (χ0) is 32.6. The minimum atomic E-state index is -1.23. The summed E-state index contributed by atoms with van der Waals surface area (Å²) in [5, 5.41) is 15.1. The molecule has 2 fully saturated rings. The summed E-state index contributed by atoms with van der Waals surface area (Å²) in [7, 11) is 3.01. The molecular weight excluding hydrogens is 558 g/mol. The molecule has 2 aliphatic heterocycles. The average molecular weight is 610 g/mol. The van der Waals surface area contributed by atoms with E-state index in [1.165, 1.54) is 28.8 Å². The number of likely N-dealkylation sites (N-methyl/N-ethyl adjacent to an activating group) is 2. The van der Waals surface area contributed by atoms with Crippen LogP contribution in [0.25, 0.3) is 0 Å². The number of rotatable bonds is 6. The van der Waals surface area contributed by atoms with Gasteiger partial charge in [0.05, 0.1) is 6.42 Å². The second kappa shape index (κ2) is 16.0. The maximum atomic E-state index is 13.9. The molecule has 0 bridgehead atoms. The summed E-state index contributed by atoms with van der Waals surface area (Å²) in [4.78, 5) is 84.6. The van der Waals surface area contributed by atoms with E-state index < -0.39 is 65.8 Å². The van der Waals surface area contributed by atoms with Gasteiger partial charge >= 0.3 is 5.97 Å². The van der Waals surface area contributed by atoms with Gasteiger partial charge in [-0.2, -0.15) is 0 Å². The Balaban J connectivity index is 2.54. The molecule has 0 aliphatic carbocycles. The first kappa shape index (κ1) is 36.0. The number of aliphatic hydroxyl groups excluding tert-OH is 1. The molecule has 244 valence electrons. The molecule has 2 aliphatic rings. The third-order valence-corrected chi connectivity index (χ3v) is 8.68. The van der Waals surface area contributed by atoms with Gasteiger partial charge in [-0.05, 0) is 43.9 Å². The summed E-state index contributed by atoms with van der Waals surface area (Å²) in [5.74, 6) is -4.09. The Kier molecular flexibility index (Phi) is 13.4. The number of nitrogens with zero attached hydrogens (tertiary/aromatic N) is 3. The van der Waals surface area contributed by atoms with Crippen LogP contribution in [0.1, 0.15) is 73.6 Å². The van der Waals surface area contributed by atoms with Crippen molar-refractivity contribution in [3.63, 3.8) is 0 Å². The lowest BCUT2D eigenvalue weighted by molar-refractivity contribution is -0.162. The fourth-order valence-corrected chi connectivity index (χ4v) is 5.54.